The van der Waals surface area contributed by atoms with Crippen molar-refractivity contribution in [1.82, 2.24) is 0 Å². The van der Waals surface area contributed by atoms with Crippen LogP contribution >= 0.6 is 0 Å². The molecular formula is C21H16O5. The summed E-state index contributed by atoms with van der Waals surface area (Å²) < 4.78 is 17.3. The summed E-state index contributed by atoms with van der Waals surface area (Å²) in [6, 6.07) is 13.9. The number of hydrogen-bond donors (Lipinski definition) is 0. The van der Waals surface area contributed by atoms with Crippen molar-refractivity contribution in [1.29, 1.82) is 0 Å². The normalized spacial score (nSPS) is 22.2. The number of carbonyl (C=O) groups is 1. The Kier molecular flexibility index (Phi) is 2.98. The van der Waals surface area contributed by atoms with Crippen LogP contribution in [-0.2, 0) is 4.74 Å². The number of epoxide rings is 1. The summed E-state index contributed by atoms with van der Waals surface area (Å²) in [4.78, 5) is 25.1. The minimum Gasteiger partial charge on any atom is -0.484 e. The molecule has 3 aromatic rings. The van der Waals surface area contributed by atoms with Crippen LogP contribution in [0.15, 0.2) is 57.7 Å². The molecule has 0 aliphatic carbocycles. The van der Waals surface area contributed by atoms with Gasteiger partial charge in [-0.3, -0.25) is 4.79 Å². The van der Waals surface area contributed by atoms with Crippen LogP contribution in [0.2, 0.25) is 0 Å². The molecule has 0 spiro atoms. The number of ketones is 1. The van der Waals surface area contributed by atoms with Crippen molar-refractivity contribution in [3.63, 3.8) is 0 Å². The molecule has 3 heterocycles. The molecule has 2 atom stereocenters. The molecule has 0 saturated carbocycles. The zero-order valence-corrected chi connectivity index (χ0v) is 14.3. The number of ether oxygens (including phenoxy) is 2. The fourth-order valence-corrected chi connectivity index (χ4v) is 3.62. The SMILES string of the molecule is CC1(C)Oc2c(ccc3oc(=O)c(C(=O)c4ccccc4)cc23)C2OC21. The smallest absolute Gasteiger partial charge is 0.347 e. The van der Waals surface area contributed by atoms with Crippen molar-refractivity contribution in [2.45, 2.75) is 31.7 Å². The molecular weight excluding hydrogens is 332 g/mol. The molecule has 0 amide bonds. The first-order chi connectivity index (χ1) is 12.5. The predicted molar refractivity (Wildman–Crippen MR) is 94.7 cm³/mol. The monoisotopic (exact) mass is 348 g/mol. The first-order valence-corrected chi connectivity index (χ1v) is 8.51. The molecule has 2 unspecified atom stereocenters. The van der Waals surface area contributed by atoms with E-state index < -0.39 is 11.2 Å². The Balaban J connectivity index is 1.72. The lowest BCUT2D eigenvalue weighted by Gasteiger charge is -2.30. The van der Waals surface area contributed by atoms with Crippen LogP contribution in [0.3, 0.4) is 0 Å². The van der Waals surface area contributed by atoms with Crippen LogP contribution in [0.1, 0.15) is 41.4 Å². The lowest BCUT2D eigenvalue weighted by atomic mass is 9.92. The lowest BCUT2D eigenvalue weighted by molar-refractivity contribution is 0.0742. The largest absolute Gasteiger partial charge is 0.484 e. The van der Waals surface area contributed by atoms with Crippen LogP contribution in [0.5, 0.6) is 5.75 Å². The Labute approximate surface area is 149 Å². The van der Waals surface area contributed by atoms with Gasteiger partial charge in [-0.25, -0.2) is 4.79 Å². The van der Waals surface area contributed by atoms with Gasteiger partial charge in [-0.05, 0) is 32.0 Å². The van der Waals surface area contributed by atoms with E-state index in [-0.39, 0.29) is 23.6 Å². The number of carbonyl (C=O) groups excluding carboxylic acids is 1. The molecule has 5 rings (SSSR count). The van der Waals surface area contributed by atoms with Crippen molar-refractivity contribution in [3.8, 4) is 5.75 Å². The van der Waals surface area contributed by atoms with Crippen LogP contribution in [0.4, 0.5) is 0 Å². The Morgan fingerprint density at radius 3 is 2.62 bits per heavy atom. The zero-order valence-electron chi connectivity index (χ0n) is 14.3. The van der Waals surface area contributed by atoms with Gasteiger partial charge in [-0.1, -0.05) is 30.3 Å². The standard InChI is InChI=1S/C21H16O5/c1-21(2)19-18(25-19)12-8-9-15-13(17(12)26-21)10-14(20(23)24-15)16(22)11-6-4-3-5-7-11/h3-10,18-19H,1-2H3. The molecule has 130 valence electrons. The third kappa shape index (κ3) is 2.14. The topological polar surface area (TPSA) is 69.0 Å². The molecule has 5 nitrogen and oxygen atoms in total. The second-order valence-corrected chi connectivity index (χ2v) is 7.22. The first kappa shape index (κ1) is 15.3. The van der Waals surface area contributed by atoms with E-state index in [9.17, 15) is 9.59 Å². The summed E-state index contributed by atoms with van der Waals surface area (Å²) in [5.74, 6) is 0.256. The van der Waals surface area contributed by atoms with E-state index in [0.717, 1.165) is 5.56 Å². The highest BCUT2D eigenvalue weighted by Gasteiger charge is 2.57. The van der Waals surface area contributed by atoms with Crippen molar-refractivity contribution >= 4 is 16.8 Å². The highest BCUT2D eigenvalue weighted by Crippen LogP contribution is 2.55. The molecule has 2 aliphatic rings. The molecule has 26 heavy (non-hydrogen) atoms. The maximum atomic E-state index is 12.8. The van der Waals surface area contributed by atoms with Gasteiger partial charge in [0.1, 0.15) is 34.7 Å². The minimum atomic E-state index is -0.651. The summed E-state index contributed by atoms with van der Waals surface area (Å²) in [6.07, 6.45) is 0.00643. The molecule has 2 aliphatic heterocycles. The highest BCUT2D eigenvalue weighted by molar-refractivity contribution is 6.10. The fourth-order valence-electron chi connectivity index (χ4n) is 3.62. The van der Waals surface area contributed by atoms with E-state index in [1.165, 1.54) is 0 Å². The minimum absolute atomic E-state index is 0.00246. The average Bonchev–Trinajstić information content (AvgIpc) is 3.43. The molecule has 1 fully saturated rings. The van der Waals surface area contributed by atoms with E-state index in [1.54, 1.807) is 36.4 Å². The van der Waals surface area contributed by atoms with Crippen molar-refractivity contribution < 1.29 is 18.7 Å². The van der Waals surface area contributed by atoms with Gasteiger partial charge in [0, 0.05) is 11.1 Å². The lowest BCUT2D eigenvalue weighted by Crippen LogP contribution is -2.37. The van der Waals surface area contributed by atoms with Gasteiger partial charge >= 0.3 is 5.63 Å². The summed E-state index contributed by atoms with van der Waals surface area (Å²) >= 11 is 0. The van der Waals surface area contributed by atoms with Gasteiger partial charge in [0.25, 0.3) is 0 Å². The van der Waals surface area contributed by atoms with E-state index in [0.29, 0.717) is 22.3 Å². The van der Waals surface area contributed by atoms with E-state index in [2.05, 4.69) is 0 Å². The number of hydrogen-bond acceptors (Lipinski definition) is 5. The van der Waals surface area contributed by atoms with Crippen LogP contribution < -0.4 is 10.4 Å². The van der Waals surface area contributed by atoms with Crippen LogP contribution in [0.25, 0.3) is 11.0 Å². The highest BCUT2D eigenvalue weighted by atomic mass is 16.6. The van der Waals surface area contributed by atoms with Crippen molar-refractivity contribution in [3.05, 3.63) is 75.6 Å². The third-order valence-corrected chi connectivity index (χ3v) is 5.03. The zero-order chi connectivity index (χ0) is 18.1. The van der Waals surface area contributed by atoms with Gasteiger partial charge in [0.15, 0.2) is 5.78 Å². The summed E-state index contributed by atoms with van der Waals surface area (Å²) in [6.45, 7) is 3.93. The third-order valence-electron chi connectivity index (χ3n) is 5.03. The van der Waals surface area contributed by atoms with Gasteiger partial charge in [-0.15, -0.1) is 0 Å². The first-order valence-electron chi connectivity index (χ1n) is 8.51. The van der Waals surface area contributed by atoms with E-state index in [4.69, 9.17) is 13.9 Å². The Morgan fingerprint density at radius 2 is 1.85 bits per heavy atom. The maximum absolute atomic E-state index is 12.8. The molecule has 0 bridgehead atoms. The van der Waals surface area contributed by atoms with Gasteiger partial charge in [0.2, 0.25) is 0 Å². The maximum Gasteiger partial charge on any atom is 0.347 e. The number of benzene rings is 2. The molecule has 0 N–H and O–H groups in total. The van der Waals surface area contributed by atoms with Gasteiger partial charge in [0.05, 0.1) is 5.39 Å². The van der Waals surface area contributed by atoms with Crippen molar-refractivity contribution in [2.75, 3.05) is 0 Å². The van der Waals surface area contributed by atoms with E-state index in [1.807, 2.05) is 26.0 Å². The Bertz CT molecular complexity index is 1110. The Morgan fingerprint density at radius 1 is 1.08 bits per heavy atom. The van der Waals surface area contributed by atoms with Crippen LogP contribution in [0, 0.1) is 0 Å². The van der Waals surface area contributed by atoms with E-state index >= 15 is 0 Å². The predicted octanol–water partition coefficient (Wildman–Crippen LogP) is 3.63. The van der Waals surface area contributed by atoms with Crippen LogP contribution in [-0.4, -0.2) is 17.5 Å². The summed E-state index contributed by atoms with van der Waals surface area (Å²) in [7, 11) is 0. The second-order valence-electron chi connectivity index (χ2n) is 7.22. The Hall–Kier alpha value is -2.92. The molecule has 1 aromatic heterocycles. The number of fused-ring (bicyclic) bond motifs is 5. The quantitative estimate of drug-likeness (QED) is 0.402. The fraction of sp³-hybridized carbons (Fsp3) is 0.238. The molecule has 1 saturated heterocycles. The average molecular weight is 348 g/mol. The van der Waals surface area contributed by atoms with Gasteiger partial charge < -0.3 is 13.9 Å². The summed E-state index contributed by atoms with van der Waals surface area (Å²) in [5, 5.41) is 0.614. The second kappa shape index (κ2) is 5.05. The number of rotatable bonds is 2. The molecule has 0 radical (unpaired) electrons. The van der Waals surface area contributed by atoms with Gasteiger partial charge in [-0.2, -0.15) is 0 Å². The molecule has 2 aromatic carbocycles. The van der Waals surface area contributed by atoms with Crippen molar-refractivity contribution in [2.24, 2.45) is 0 Å². The summed E-state index contributed by atoms with van der Waals surface area (Å²) in [5.41, 5.74) is 0.628. The molecule has 5 heteroatoms.